The average molecular weight is 385 g/mol. The van der Waals surface area contributed by atoms with Crippen LogP contribution in [0.2, 0.25) is 0 Å². The van der Waals surface area contributed by atoms with Crippen molar-refractivity contribution < 1.29 is 23.5 Å². The molecule has 0 spiro atoms. The molecule has 7 nitrogen and oxygen atoms in total. The Balaban J connectivity index is 1.51. The van der Waals surface area contributed by atoms with Gasteiger partial charge in [-0.25, -0.2) is 9.18 Å². The number of anilines is 2. The molecule has 2 aromatic carbocycles. The zero-order chi connectivity index (χ0) is 19.9. The second kappa shape index (κ2) is 6.70. The molecule has 0 saturated heterocycles. The van der Waals surface area contributed by atoms with Crippen LogP contribution in [0.1, 0.15) is 31.9 Å². The summed E-state index contributed by atoms with van der Waals surface area (Å²) in [6.07, 6.45) is 0.491. The van der Waals surface area contributed by atoms with Crippen LogP contribution in [0.3, 0.4) is 0 Å². The van der Waals surface area contributed by atoms with E-state index in [1.54, 1.807) is 30.3 Å². The van der Waals surface area contributed by atoms with Gasteiger partial charge in [-0.05, 0) is 38.1 Å². The molecule has 0 bridgehead atoms. The topological polar surface area (TPSA) is 88.7 Å². The van der Waals surface area contributed by atoms with Gasteiger partial charge in [0, 0.05) is 17.7 Å². The number of carbonyl (C=O) groups excluding carboxylic acids is 2. The van der Waals surface area contributed by atoms with E-state index in [1.807, 2.05) is 13.8 Å². The smallest absolute Gasteiger partial charge is 0.319 e. The highest BCUT2D eigenvalue weighted by Gasteiger charge is 2.36. The number of urea groups is 1. The van der Waals surface area contributed by atoms with Gasteiger partial charge in [-0.15, -0.1) is 0 Å². The van der Waals surface area contributed by atoms with Crippen LogP contribution in [0.4, 0.5) is 20.6 Å². The highest BCUT2D eigenvalue weighted by molar-refractivity contribution is 5.97. The highest BCUT2D eigenvalue weighted by atomic mass is 19.1. The Morgan fingerprint density at radius 3 is 2.93 bits per heavy atom. The second-order valence-electron chi connectivity index (χ2n) is 7.42. The lowest BCUT2D eigenvalue weighted by Gasteiger charge is -2.37. The van der Waals surface area contributed by atoms with Crippen LogP contribution < -0.4 is 25.4 Å². The van der Waals surface area contributed by atoms with Crippen molar-refractivity contribution >= 4 is 23.3 Å². The van der Waals surface area contributed by atoms with Crippen molar-refractivity contribution in [3.05, 3.63) is 47.8 Å². The van der Waals surface area contributed by atoms with Gasteiger partial charge in [-0.3, -0.25) is 4.79 Å². The summed E-state index contributed by atoms with van der Waals surface area (Å²) in [7, 11) is 0. The lowest BCUT2D eigenvalue weighted by Crippen LogP contribution is -2.42. The van der Waals surface area contributed by atoms with E-state index in [0.29, 0.717) is 29.1 Å². The number of fused-ring (bicyclic) bond motifs is 2. The number of hydrogen-bond acceptors (Lipinski definition) is 4. The van der Waals surface area contributed by atoms with E-state index in [-0.39, 0.29) is 18.3 Å². The predicted octanol–water partition coefficient (Wildman–Crippen LogP) is 3.58. The number of nitrogens with one attached hydrogen (secondary N) is 3. The first-order chi connectivity index (χ1) is 13.3. The van der Waals surface area contributed by atoms with Crippen LogP contribution in [0.25, 0.3) is 0 Å². The Kier molecular flexibility index (Phi) is 4.33. The molecule has 0 radical (unpaired) electrons. The molecule has 2 aliphatic heterocycles. The number of ether oxygens (including phenoxy) is 2. The summed E-state index contributed by atoms with van der Waals surface area (Å²) in [5.74, 6) is -0.00100. The van der Waals surface area contributed by atoms with Gasteiger partial charge < -0.3 is 25.4 Å². The number of carbonyl (C=O) groups is 2. The molecule has 28 heavy (non-hydrogen) atoms. The molecule has 4 rings (SSSR count). The fourth-order valence-electron chi connectivity index (χ4n) is 3.44. The molecular weight excluding hydrogens is 365 g/mol. The van der Waals surface area contributed by atoms with Gasteiger partial charge in [0.15, 0.2) is 18.2 Å². The van der Waals surface area contributed by atoms with Crippen LogP contribution in [-0.2, 0) is 4.79 Å². The fraction of sp³-hybridized carbons (Fsp3) is 0.300. The zero-order valence-corrected chi connectivity index (χ0v) is 15.5. The van der Waals surface area contributed by atoms with Crippen molar-refractivity contribution in [3.8, 4) is 11.5 Å². The van der Waals surface area contributed by atoms with Crippen LogP contribution in [0.5, 0.6) is 11.5 Å². The molecule has 3 amide bonds. The lowest BCUT2D eigenvalue weighted by molar-refractivity contribution is -0.118. The first-order valence-corrected chi connectivity index (χ1v) is 8.92. The van der Waals surface area contributed by atoms with Crippen LogP contribution >= 0.6 is 0 Å². The summed E-state index contributed by atoms with van der Waals surface area (Å²) in [5, 5.41) is 8.31. The zero-order valence-electron chi connectivity index (χ0n) is 15.5. The molecule has 0 fully saturated rings. The summed E-state index contributed by atoms with van der Waals surface area (Å²) in [4.78, 5) is 24.0. The Labute approximate surface area is 161 Å². The van der Waals surface area contributed by atoms with Crippen molar-refractivity contribution in [1.82, 2.24) is 5.32 Å². The first-order valence-electron chi connectivity index (χ1n) is 8.92. The molecule has 1 atom stereocenters. The molecule has 0 aliphatic carbocycles. The van der Waals surface area contributed by atoms with Crippen LogP contribution in [-0.4, -0.2) is 24.1 Å². The standard InChI is InChI=1S/C20H20FN3O4/c1-20(2)9-15(12-4-3-5-13(21)18(12)28-20)24-19(26)22-11-6-7-16-14(8-11)23-17(25)10-27-16/h3-8,15H,9-10H2,1-2H3,(H,23,25)(H2,22,24,26)/t15-/m1/s1. The quantitative estimate of drug-likeness (QED) is 0.737. The van der Waals surface area contributed by atoms with Crippen LogP contribution in [0.15, 0.2) is 36.4 Å². The average Bonchev–Trinajstić information content (AvgIpc) is 2.61. The van der Waals surface area contributed by atoms with Gasteiger partial charge in [0.25, 0.3) is 5.91 Å². The van der Waals surface area contributed by atoms with Crippen molar-refractivity contribution in [2.45, 2.75) is 31.9 Å². The molecule has 3 N–H and O–H groups in total. The van der Waals surface area contributed by atoms with Crippen molar-refractivity contribution in [2.24, 2.45) is 0 Å². The molecular formula is C20H20FN3O4. The molecule has 0 unspecified atom stereocenters. The van der Waals surface area contributed by atoms with Gasteiger partial charge in [0.1, 0.15) is 11.4 Å². The van der Waals surface area contributed by atoms with E-state index in [9.17, 15) is 14.0 Å². The minimum Gasteiger partial charge on any atom is -0.484 e. The fourth-order valence-corrected chi connectivity index (χ4v) is 3.44. The molecule has 146 valence electrons. The lowest BCUT2D eigenvalue weighted by atomic mass is 9.89. The maximum atomic E-state index is 14.2. The molecule has 2 aromatic rings. The monoisotopic (exact) mass is 385 g/mol. The first kappa shape index (κ1) is 18.1. The maximum absolute atomic E-state index is 14.2. The minimum absolute atomic E-state index is 0.0320. The number of rotatable bonds is 2. The Bertz CT molecular complexity index is 960. The molecule has 0 saturated carbocycles. The van der Waals surface area contributed by atoms with Gasteiger partial charge >= 0.3 is 6.03 Å². The van der Waals surface area contributed by atoms with E-state index >= 15 is 0 Å². The van der Waals surface area contributed by atoms with E-state index in [2.05, 4.69) is 16.0 Å². The molecule has 2 aliphatic rings. The van der Waals surface area contributed by atoms with E-state index in [4.69, 9.17) is 9.47 Å². The van der Waals surface area contributed by atoms with Crippen molar-refractivity contribution in [1.29, 1.82) is 0 Å². The van der Waals surface area contributed by atoms with Crippen molar-refractivity contribution in [3.63, 3.8) is 0 Å². The van der Waals surface area contributed by atoms with Crippen LogP contribution in [0, 0.1) is 5.82 Å². The van der Waals surface area contributed by atoms with Gasteiger partial charge in [-0.1, -0.05) is 12.1 Å². The summed E-state index contributed by atoms with van der Waals surface area (Å²) in [5.41, 5.74) is 0.961. The summed E-state index contributed by atoms with van der Waals surface area (Å²) in [6, 6.07) is 8.79. The number of para-hydroxylation sites is 1. The normalized spacial score (nSPS) is 19.2. The number of hydrogen-bond donors (Lipinski definition) is 3. The van der Waals surface area contributed by atoms with E-state index < -0.39 is 23.5 Å². The number of amides is 3. The van der Waals surface area contributed by atoms with E-state index in [1.165, 1.54) is 6.07 Å². The largest absolute Gasteiger partial charge is 0.484 e. The summed E-state index contributed by atoms with van der Waals surface area (Å²) < 4.78 is 25.2. The SMILES string of the molecule is CC1(C)C[C@@H](NC(=O)Nc2ccc3c(c2)NC(=O)CO3)c2cccc(F)c2O1. The van der Waals surface area contributed by atoms with Gasteiger partial charge in [0.2, 0.25) is 0 Å². The third kappa shape index (κ3) is 3.58. The van der Waals surface area contributed by atoms with Gasteiger partial charge in [0.05, 0.1) is 11.7 Å². The summed E-state index contributed by atoms with van der Waals surface area (Å²) >= 11 is 0. The third-order valence-corrected chi connectivity index (χ3v) is 4.62. The van der Waals surface area contributed by atoms with Gasteiger partial charge in [-0.2, -0.15) is 0 Å². The third-order valence-electron chi connectivity index (χ3n) is 4.62. The number of halogens is 1. The second-order valence-corrected chi connectivity index (χ2v) is 7.42. The Morgan fingerprint density at radius 2 is 2.11 bits per heavy atom. The number of benzene rings is 2. The van der Waals surface area contributed by atoms with Crippen molar-refractivity contribution in [2.75, 3.05) is 17.2 Å². The minimum atomic E-state index is -0.624. The molecule has 0 aromatic heterocycles. The predicted molar refractivity (Wildman–Crippen MR) is 101 cm³/mol. The Morgan fingerprint density at radius 1 is 1.29 bits per heavy atom. The molecule has 8 heteroatoms. The Hall–Kier alpha value is -3.29. The van der Waals surface area contributed by atoms with E-state index in [0.717, 1.165) is 0 Å². The summed E-state index contributed by atoms with van der Waals surface area (Å²) in [6.45, 7) is 3.66. The maximum Gasteiger partial charge on any atom is 0.319 e. The molecule has 2 heterocycles. The highest BCUT2D eigenvalue weighted by Crippen LogP contribution is 2.41.